The molecule has 2 amide bonds. The van der Waals surface area contributed by atoms with Crippen LogP contribution in [-0.2, 0) is 16.1 Å². The van der Waals surface area contributed by atoms with Crippen molar-refractivity contribution in [2.45, 2.75) is 26.4 Å². The Labute approximate surface area is 140 Å². The summed E-state index contributed by atoms with van der Waals surface area (Å²) in [6.45, 7) is 3.79. The van der Waals surface area contributed by atoms with Gasteiger partial charge in [-0.05, 0) is 18.1 Å². The van der Waals surface area contributed by atoms with E-state index in [2.05, 4.69) is 15.6 Å². The minimum atomic E-state index is -0.623. The zero-order chi connectivity index (χ0) is 17.5. The molecule has 0 unspecified atom stereocenters. The lowest BCUT2D eigenvalue weighted by atomic mass is 10.1. The van der Waals surface area contributed by atoms with Crippen molar-refractivity contribution in [1.29, 1.82) is 0 Å². The molecule has 1 heterocycles. The Morgan fingerprint density at radius 1 is 1.21 bits per heavy atom. The van der Waals surface area contributed by atoms with Crippen molar-refractivity contribution < 1.29 is 14.0 Å². The number of amides is 2. The highest BCUT2D eigenvalue weighted by Gasteiger charge is 2.17. The largest absolute Gasteiger partial charge is 0.444 e. The molecule has 1 aromatic heterocycles. The van der Waals surface area contributed by atoms with Gasteiger partial charge in [0.1, 0.15) is 6.26 Å². The molecular formula is C17H22N4O3. The van der Waals surface area contributed by atoms with Crippen molar-refractivity contribution in [2.75, 3.05) is 6.54 Å². The predicted octanol–water partition coefficient (Wildman–Crippen LogP) is 1.06. The van der Waals surface area contributed by atoms with Crippen molar-refractivity contribution >= 4 is 11.8 Å². The first kappa shape index (κ1) is 17.7. The lowest BCUT2D eigenvalue weighted by Gasteiger charge is -2.14. The second-order valence-corrected chi connectivity index (χ2v) is 5.77. The maximum absolute atomic E-state index is 11.8. The second kappa shape index (κ2) is 8.26. The van der Waals surface area contributed by atoms with Crippen LogP contribution in [0.3, 0.4) is 0 Å². The number of hydrogen-bond acceptors (Lipinski definition) is 5. The maximum atomic E-state index is 11.8. The van der Waals surface area contributed by atoms with Crippen LogP contribution in [0.4, 0.5) is 0 Å². The van der Waals surface area contributed by atoms with E-state index >= 15 is 0 Å². The van der Waals surface area contributed by atoms with Crippen LogP contribution in [0.15, 0.2) is 41.0 Å². The predicted molar refractivity (Wildman–Crippen MR) is 89.6 cm³/mol. The van der Waals surface area contributed by atoms with Crippen molar-refractivity contribution in [1.82, 2.24) is 15.6 Å². The Morgan fingerprint density at radius 3 is 2.58 bits per heavy atom. The van der Waals surface area contributed by atoms with Crippen LogP contribution in [0, 0.1) is 5.92 Å². The van der Waals surface area contributed by atoms with Crippen molar-refractivity contribution in [2.24, 2.45) is 11.7 Å². The zero-order valence-electron chi connectivity index (χ0n) is 13.8. The topological polar surface area (TPSA) is 110 Å². The van der Waals surface area contributed by atoms with Gasteiger partial charge in [-0.15, -0.1) is 0 Å². The molecule has 2 aromatic rings. The smallest absolute Gasteiger partial charge is 0.239 e. The third kappa shape index (κ3) is 4.92. The van der Waals surface area contributed by atoms with E-state index in [9.17, 15) is 9.59 Å². The second-order valence-electron chi connectivity index (χ2n) is 5.77. The van der Waals surface area contributed by atoms with Crippen LogP contribution in [-0.4, -0.2) is 29.4 Å². The summed E-state index contributed by atoms with van der Waals surface area (Å²) in [7, 11) is 0. The Bertz CT molecular complexity index is 682. The third-order valence-corrected chi connectivity index (χ3v) is 3.48. The quantitative estimate of drug-likeness (QED) is 0.703. The van der Waals surface area contributed by atoms with Gasteiger partial charge in [-0.1, -0.05) is 32.0 Å². The Morgan fingerprint density at radius 2 is 1.92 bits per heavy atom. The molecule has 4 N–H and O–H groups in total. The maximum Gasteiger partial charge on any atom is 0.239 e. The minimum Gasteiger partial charge on any atom is -0.444 e. The molecule has 7 heteroatoms. The van der Waals surface area contributed by atoms with Crippen LogP contribution in [0.25, 0.3) is 11.5 Å². The van der Waals surface area contributed by atoms with E-state index < -0.39 is 6.04 Å². The number of nitrogens with zero attached hydrogens (tertiary/aromatic N) is 1. The number of oxazole rings is 1. The molecule has 128 valence electrons. The molecule has 0 radical (unpaired) electrons. The monoisotopic (exact) mass is 330 g/mol. The number of rotatable bonds is 7. The van der Waals surface area contributed by atoms with Gasteiger partial charge in [-0.3, -0.25) is 9.59 Å². The number of carbonyl (C=O) groups is 2. The number of nitrogens with one attached hydrogen (secondary N) is 2. The molecule has 24 heavy (non-hydrogen) atoms. The Kier molecular flexibility index (Phi) is 6.08. The highest BCUT2D eigenvalue weighted by Crippen LogP contribution is 2.17. The summed E-state index contributed by atoms with van der Waals surface area (Å²) in [5.41, 5.74) is 7.17. The molecule has 0 spiro atoms. The zero-order valence-corrected chi connectivity index (χ0v) is 13.8. The molecular weight excluding hydrogens is 308 g/mol. The van der Waals surface area contributed by atoms with E-state index in [1.54, 1.807) is 0 Å². The van der Waals surface area contributed by atoms with E-state index in [4.69, 9.17) is 10.2 Å². The standard InChI is InChI=1S/C17H22N4O3/c1-11(2)15(18)16(23)20-9-14(22)19-8-13-10-24-17(21-13)12-6-4-3-5-7-12/h3-7,10-11,15H,8-9,18H2,1-2H3,(H,19,22)(H,20,23)/t15-/m0/s1. The molecule has 1 aromatic carbocycles. The van der Waals surface area contributed by atoms with E-state index in [0.717, 1.165) is 5.56 Å². The summed E-state index contributed by atoms with van der Waals surface area (Å²) in [6.07, 6.45) is 1.50. The highest BCUT2D eigenvalue weighted by atomic mass is 16.3. The van der Waals surface area contributed by atoms with Gasteiger partial charge in [0.15, 0.2) is 0 Å². The molecule has 0 bridgehead atoms. The van der Waals surface area contributed by atoms with E-state index in [0.29, 0.717) is 11.6 Å². The van der Waals surface area contributed by atoms with Gasteiger partial charge in [-0.25, -0.2) is 4.98 Å². The molecule has 0 saturated carbocycles. The Balaban J connectivity index is 1.78. The fourth-order valence-electron chi connectivity index (χ4n) is 1.94. The first-order chi connectivity index (χ1) is 11.5. The van der Waals surface area contributed by atoms with Gasteiger partial charge in [0.2, 0.25) is 17.7 Å². The van der Waals surface area contributed by atoms with Crippen molar-refractivity contribution in [3.63, 3.8) is 0 Å². The number of carbonyl (C=O) groups excluding carboxylic acids is 2. The van der Waals surface area contributed by atoms with Crippen molar-refractivity contribution in [3.05, 3.63) is 42.3 Å². The molecule has 0 aliphatic carbocycles. The molecule has 2 rings (SSSR count). The van der Waals surface area contributed by atoms with Crippen LogP contribution in [0.2, 0.25) is 0 Å². The van der Waals surface area contributed by atoms with Crippen LogP contribution in [0.1, 0.15) is 19.5 Å². The van der Waals surface area contributed by atoms with Gasteiger partial charge < -0.3 is 20.8 Å². The average molecular weight is 330 g/mol. The summed E-state index contributed by atoms with van der Waals surface area (Å²) in [4.78, 5) is 27.8. The fourth-order valence-corrected chi connectivity index (χ4v) is 1.94. The first-order valence-corrected chi connectivity index (χ1v) is 7.77. The molecule has 0 saturated heterocycles. The van der Waals surface area contributed by atoms with Gasteiger partial charge in [0.25, 0.3) is 0 Å². The summed E-state index contributed by atoms with van der Waals surface area (Å²) < 4.78 is 5.39. The summed E-state index contributed by atoms with van der Waals surface area (Å²) in [6, 6.07) is 8.86. The normalized spacial score (nSPS) is 12.0. The molecule has 0 aliphatic heterocycles. The first-order valence-electron chi connectivity index (χ1n) is 7.77. The molecule has 0 aliphatic rings. The lowest BCUT2D eigenvalue weighted by Crippen LogP contribution is -2.47. The van der Waals surface area contributed by atoms with E-state index in [1.165, 1.54) is 6.26 Å². The highest BCUT2D eigenvalue weighted by molar-refractivity contribution is 5.87. The van der Waals surface area contributed by atoms with Crippen molar-refractivity contribution in [3.8, 4) is 11.5 Å². The molecule has 1 atom stereocenters. The van der Waals surface area contributed by atoms with E-state index in [1.807, 2.05) is 44.2 Å². The van der Waals surface area contributed by atoms with Crippen LogP contribution in [0.5, 0.6) is 0 Å². The summed E-state index contributed by atoms with van der Waals surface area (Å²) in [5, 5.41) is 5.18. The lowest BCUT2D eigenvalue weighted by molar-refractivity contribution is -0.127. The number of benzene rings is 1. The van der Waals surface area contributed by atoms with Gasteiger partial charge in [0, 0.05) is 5.56 Å². The Hall–Kier alpha value is -2.67. The van der Waals surface area contributed by atoms with Crippen LogP contribution >= 0.6 is 0 Å². The van der Waals surface area contributed by atoms with E-state index in [-0.39, 0.29) is 30.8 Å². The van der Waals surface area contributed by atoms with Gasteiger partial charge in [-0.2, -0.15) is 0 Å². The minimum absolute atomic E-state index is 0.0135. The number of hydrogen-bond donors (Lipinski definition) is 3. The summed E-state index contributed by atoms with van der Waals surface area (Å²) in [5.74, 6) is -0.146. The summed E-state index contributed by atoms with van der Waals surface area (Å²) >= 11 is 0. The fraction of sp³-hybridized carbons (Fsp3) is 0.353. The van der Waals surface area contributed by atoms with Gasteiger partial charge in [0.05, 0.1) is 24.8 Å². The number of nitrogens with two attached hydrogens (primary N) is 1. The van der Waals surface area contributed by atoms with Gasteiger partial charge >= 0.3 is 0 Å². The average Bonchev–Trinajstić information content (AvgIpc) is 3.06. The van der Waals surface area contributed by atoms with Crippen LogP contribution < -0.4 is 16.4 Å². The third-order valence-electron chi connectivity index (χ3n) is 3.48. The molecule has 7 nitrogen and oxygen atoms in total. The SMILES string of the molecule is CC(C)[C@H](N)C(=O)NCC(=O)NCc1coc(-c2ccccc2)n1. The number of aromatic nitrogens is 1. The molecule has 0 fully saturated rings.